The van der Waals surface area contributed by atoms with Crippen molar-refractivity contribution in [2.75, 3.05) is 0 Å². The molecular weight excluding hydrogens is 304 g/mol. The fourth-order valence-electron chi connectivity index (χ4n) is 2.24. The monoisotopic (exact) mass is 320 g/mol. The van der Waals surface area contributed by atoms with E-state index < -0.39 is 18.3 Å². The van der Waals surface area contributed by atoms with Gasteiger partial charge in [-0.25, -0.2) is 22.8 Å². The minimum absolute atomic E-state index is 0.0103. The first-order valence-corrected chi connectivity index (χ1v) is 11.5. The maximum atomic E-state index is 12.6. The molecule has 2 heterocycles. The van der Waals surface area contributed by atoms with E-state index in [0.717, 1.165) is 5.39 Å². The second-order valence-corrected chi connectivity index (χ2v) is 12.6. The Kier molecular flexibility index (Phi) is 3.12. The lowest BCUT2D eigenvalue weighted by atomic mass is 10.2. The van der Waals surface area contributed by atoms with Crippen molar-refractivity contribution in [3.8, 4) is 0 Å². The summed E-state index contributed by atoms with van der Waals surface area (Å²) in [5.74, 6) is 0. The molecule has 0 atom stereocenters. The summed E-state index contributed by atoms with van der Waals surface area (Å²) in [7, 11) is -5.70. The number of benzene rings is 1. The first-order chi connectivity index (χ1) is 9.78. The van der Waals surface area contributed by atoms with Gasteiger partial charge in [0.05, 0.1) is 11.8 Å². The molecule has 1 aromatic carbocycles. The molecule has 0 aliphatic carbocycles. The molecule has 0 amide bonds. The number of fused-ring (bicyclic) bond motifs is 3. The number of H-pyrrole nitrogens is 1. The van der Waals surface area contributed by atoms with Gasteiger partial charge >= 0.3 is 0 Å². The molecule has 6 nitrogen and oxygen atoms in total. The Bertz CT molecular complexity index is 928. The fraction of sp³-hybridized carbons (Fsp3) is 0.231. The number of hydrogen-bond acceptors (Lipinski definition) is 4. The van der Waals surface area contributed by atoms with Gasteiger partial charge < -0.3 is 4.98 Å². The van der Waals surface area contributed by atoms with Crippen LogP contribution in [0.1, 0.15) is 0 Å². The number of rotatable bonds is 3. The van der Waals surface area contributed by atoms with Crippen LogP contribution in [0.2, 0.25) is 19.6 Å². The first-order valence-electron chi connectivity index (χ1n) is 6.54. The van der Waals surface area contributed by atoms with Crippen molar-refractivity contribution in [1.29, 1.82) is 0 Å². The van der Waals surface area contributed by atoms with Gasteiger partial charge in [-0.3, -0.25) is 0 Å². The Morgan fingerprint density at radius 2 is 1.90 bits per heavy atom. The number of aromatic nitrogens is 3. The van der Waals surface area contributed by atoms with Crippen LogP contribution in [0.5, 0.6) is 0 Å². The quantitative estimate of drug-likeness (QED) is 0.724. The van der Waals surface area contributed by atoms with Crippen LogP contribution in [-0.4, -0.2) is 31.6 Å². The highest BCUT2D eigenvalue weighted by Crippen LogP contribution is 2.26. The van der Waals surface area contributed by atoms with Gasteiger partial charge in [-0.2, -0.15) is 0 Å². The van der Waals surface area contributed by atoms with E-state index in [9.17, 15) is 8.42 Å². The minimum Gasteiger partial charge on any atom is -0.342 e. The van der Waals surface area contributed by atoms with Gasteiger partial charge in [-0.1, -0.05) is 37.8 Å². The summed E-state index contributed by atoms with van der Waals surface area (Å²) in [5.41, 5.74) is 1.68. The summed E-state index contributed by atoms with van der Waals surface area (Å²) in [4.78, 5) is 11.5. The predicted molar refractivity (Wildman–Crippen MR) is 85.1 cm³/mol. The van der Waals surface area contributed by atoms with E-state index >= 15 is 0 Å². The molecule has 110 valence electrons. The number of sulfonamides is 1. The van der Waals surface area contributed by atoms with Crippen LogP contribution in [0.25, 0.3) is 21.9 Å². The Labute approximate surface area is 123 Å². The van der Waals surface area contributed by atoms with Gasteiger partial charge in [-0.05, 0) is 6.07 Å². The zero-order valence-electron chi connectivity index (χ0n) is 12.0. The van der Waals surface area contributed by atoms with Crippen LogP contribution in [0, 0.1) is 0 Å². The van der Waals surface area contributed by atoms with E-state index in [0.29, 0.717) is 16.6 Å². The van der Waals surface area contributed by atoms with E-state index in [2.05, 4.69) is 19.3 Å². The van der Waals surface area contributed by atoms with Gasteiger partial charge in [0.15, 0.2) is 5.03 Å². The highest BCUT2D eigenvalue weighted by Gasteiger charge is 2.28. The second-order valence-electron chi connectivity index (χ2n) is 5.92. The van der Waals surface area contributed by atoms with Crippen LogP contribution in [0.3, 0.4) is 0 Å². The summed E-state index contributed by atoms with van der Waals surface area (Å²) in [6.45, 7) is 5.78. The van der Waals surface area contributed by atoms with Gasteiger partial charge in [0, 0.05) is 5.39 Å². The Hall–Kier alpha value is -1.77. The summed E-state index contributed by atoms with van der Waals surface area (Å²) in [6, 6.07) is 7.38. The van der Waals surface area contributed by atoms with Crippen molar-refractivity contribution in [3.05, 3.63) is 30.6 Å². The van der Waals surface area contributed by atoms with Crippen molar-refractivity contribution in [3.63, 3.8) is 0 Å². The molecular formula is C13H16N4O2SSi. The van der Waals surface area contributed by atoms with Gasteiger partial charge in [0.2, 0.25) is 0 Å². The summed E-state index contributed by atoms with van der Waals surface area (Å²) >= 11 is 0. The molecule has 8 heteroatoms. The van der Waals surface area contributed by atoms with E-state index in [1.807, 2.05) is 37.8 Å². The Morgan fingerprint density at radius 1 is 1.19 bits per heavy atom. The molecule has 0 aliphatic rings. The van der Waals surface area contributed by atoms with Gasteiger partial charge in [0.1, 0.15) is 19.3 Å². The number of imidazole rings is 1. The molecule has 3 aromatic rings. The van der Waals surface area contributed by atoms with Crippen molar-refractivity contribution in [1.82, 2.24) is 19.3 Å². The van der Waals surface area contributed by atoms with Gasteiger partial charge in [0.25, 0.3) is 10.0 Å². The Morgan fingerprint density at radius 3 is 2.62 bits per heavy atom. The third-order valence-corrected chi connectivity index (χ3v) is 7.26. The van der Waals surface area contributed by atoms with Crippen LogP contribution in [0.4, 0.5) is 0 Å². The van der Waals surface area contributed by atoms with Crippen LogP contribution < -0.4 is 4.39 Å². The highest BCUT2D eigenvalue weighted by molar-refractivity contribution is 7.91. The third kappa shape index (κ3) is 2.57. The van der Waals surface area contributed by atoms with Crippen molar-refractivity contribution >= 4 is 40.2 Å². The van der Waals surface area contributed by atoms with Crippen LogP contribution in [-0.2, 0) is 10.0 Å². The first kappa shape index (κ1) is 14.2. The lowest BCUT2D eigenvalue weighted by Crippen LogP contribution is -2.45. The number of nitrogens with one attached hydrogen (secondary N) is 2. The normalized spacial score (nSPS) is 13.1. The van der Waals surface area contributed by atoms with E-state index in [-0.39, 0.29) is 5.03 Å². The molecule has 21 heavy (non-hydrogen) atoms. The number of hydrogen-bond donors (Lipinski definition) is 2. The molecule has 0 bridgehead atoms. The average molecular weight is 320 g/mol. The molecule has 2 N–H and O–H groups in total. The zero-order chi connectivity index (χ0) is 15.3. The lowest BCUT2D eigenvalue weighted by molar-refractivity contribution is 0.590. The van der Waals surface area contributed by atoms with Crippen molar-refractivity contribution in [2.24, 2.45) is 0 Å². The maximum absolute atomic E-state index is 12.6. The highest BCUT2D eigenvalue weighted by atomic mass is 32.2. The SMILES string of the molecule is C[Si](C)(C)NS(=O)(=O)c1nc2ccccc2c2nc[nH]c12. The number of para-hydroxylation sites is 1. The van der Waals surface area contributed by atoms with E-state index in [1.165, 1.54) is 6.33 Å². The van der Waals surface area contributed by atoms with E-state index in [1.54, 1.807) is 6.07 Å². The molecule has 3 rings (SSSR count). The van der Waals surface area contributed by atoms with Crippen molar-refractivity contribution in [2.45, 2.75) is 24.7 Å². The largest absolute Gasteiger partial charge is 0.342 e. The molecule has 0 spiro atoms. The fourth-order valence-corrected chi connectivity index (χ4v) is 6.50. The molecule has 0 fully saturated rings. The zero-order valence-corrected chi connectivity index (χ0v) is 13.8. The lowest BCUT2D eigenvalue weighted by Gasteiger charge is -2.18. The standard InChI is InChI=1S/C13H16N4O2SSi/c1-21(2,3)17-20(18,19)13-12-11(14-8-15-12)9-6-4-5-7-10(9)16-13/h4-8,17H,1-3H3,(H,14,15). The Balaban J connectivity index is 2.33. The molecule has 0 unspecified atom stereocenters. The molecule has 0 radical (unpaired) electrons. The number of pyridine rings is 1. The molecule has 0 aliphatic heterocycles. The molecule has 0 saturated heterocycles. The minimum atomic E-state index is -3.68. The summed E-state index contributed by atoms with van der Waals surface area (Å²) in [6.07, 6.45) is 1.49. The second kappa shape index (κ2) is 4.62. The van der Waals surface area contributed by atoms with Gasteiger partial charge in [-0.15, -0.1) is 0 Å². The maximum Gasteiger partial charge on any atom is 0.254 e. The average Bonchev–Trinajstić information content (AvgIpc) is 2.84. The molecule has 0 saturated carbocycles. The predicted octanol–water partition coefficient (Wildman–Crippen LogP) is 2.22. The van der Waals surface area contributed by atoms with Crippen LogP contribution >= 0.6 is 0 Å². The van der Waals surface area contributed by atoms with Crippen molar-refractivity contribution < 1.29 is 8.42 Å². The summed E-state index contributed by atoms with van der Waals surface area (Å²) < 4.78 is 28.0. The smallest absolute Gasteiger partial charge is 0.254 e. The topological polar surface area (TPSA) is 87.7 Å². The summed E-state index contributed by atoms with van der Waals surface area (Å²) in [5, 5.41) is 0.844. The number of nitrogens with zero attached hydrogens (tertiary/aromatic N) is 2. The number of aromatic amines is 1. The molecule has 2 aromatic heterocycles. The van der Waals surface area contributed by atoms with Crippen LogP contribution in [0.15, 0.2) is 35.6 Å². The van der Waals surface area contributed by atoms with E-state index in [4.69, 9.17) is 0 Å². The third-order valence-electron chi connectivity index (χ3n) is 2.93.